The molecule has 0 aromatic heterocycles. The zero-order valence-electron chi connectivity index (χ0n) is 11.1. The molecule has 0 aliphatic heterocycles. The Bertz CT molecular complexity index is 388. The first-order valence-electron chi connectivity index (χ1n) is 5.88. The Hall–Kier alpha value is -0.945. The number of likely N-dealkylation sites (N-methyl/N-ethyl adjacent to an activating group) is 2. The van der Waals surface area contributed by atoms with Crippen LogP contribution in [-0.4, -0.2) is 61.2 Å². The first-order chi connectivity index (χ1) is 8.40. The van der Waals surface area contributed by atoms with Crippen molar-refractivity contribution in [2.75, 3.05) is 34.2 Å². The molecule has 0 aliphatic carbocycles. The van der Waals surface area contributed by atoms with Crippen LogP contribution in [0.4, 0.5) is 4.39 Å². The molecule has 18 heavy (non-hydrogen) atoms. The number of hydrogen-bond donors (Lipinski definition) is 2. The third kappa shape index (κ3) is 4.74. The van der Waals surface area contributed by atoms with Gasteiger partial charge in [-0.3, -0.25) is 0 Å². The van der Waals surface area contributed by atoms with Gasteiger partial charge in [0.1, 0.15) is 5.82 Å². The van der Waals surface area contributed by atoms with Gasteiger partial charge in [-0.05, 0) is 44.3 Å². The maximum atomic E-state index is 13.1. The highest BCUT2D eigenvalue weighted by Gasteiger charge is 2.17. The highest BCUT2D eigenvalue weighted by Crippen LogP contribution is 2.04. The zero-order valence-corrected chi connectivity index (χ0v) is 11.1. The lowest BCUT2D eigenvalue weighted by molar-refractivity contribution is 0.276. The molecule has 0 aliphatic rings. The van der Waals surface area contributed by atoms with Gasteiger partial charge in [0, 0.05) is 19.6 Å². The van der Waals surface area contributed by atoms with Crippen LogP contribution in [-0.2, 0) is 6.54 Å². The number of nitrogens with zero attached hydrogens (tertiary/aromatic N) is 2. The fraction of sp³-hybridized carbons (Fsp3) is 0.500. The summed E-state index contributed by atoms with van der Waals surface area (Å²) in [5, 5.41) is 18.4. The average molecular weight is 254 g/mol. The van der Waals surface area contributed by atoms with Crippen LogP contribution in [0.1, 0.15) is 5.56 Å². The second-order valence-electron chi connectivity index (χ2n) is 4.76. The number of rotatable bonds is 6. The van der Waals surface area contributed by atoms with E-state index in [0.29, 0.717) is 6.54 Å². The molecule has 0 bridgehead atoms. The Morgan fingerprint density at radius 1 is 1.17 bits per heavy atom. The van der Waals surface area contributed by atoms with Crippen molar-refractivity contribution in [3.05, 3.63) is 29.6 Å². The summed E-state index contributed by atoms with van der Waals surface area (Å²) in [6, 6.07) is 4.09. The summed E-state index contributed by atoms with van der Waals surface area (Å²) in [6.45, 7) is 2.32. The van der Waals surface area contributed by atoms with Gasteiger partial charge in [-0.25, -0.2) is 4.39 Å². The number of benzene rings is 1. The zero-order chi connectivity index (χ0) is 13.7. The summed E-state index contributed by atoms with van der Waals surface area (Å²) in [7, 11) is 4.29. The van der Waals surface area contributed by atoms with Gasteiger partial charge in [-0.15, -0.1) is 0 Å². The van der Waals surface area contributed by atoms with Crippen molar-refractivity contribution in [2.45, 2.75) is 6.54 Å². The van der Waals surface area contributed by atoms with Crippen molar-refractivity contribution >= 4 is 12.6 Å². The van der Waals surface area contributed by atoms with Crippen molar-refractivity contribution in [3.8, 4) is 0 Å². The minimum Gasteiger partial charge on any atom is -0.423 e. The number of halogens is 1. The standard InChI is InChI=1S/C12H20BFN2O2/c1-15(2)6-7-16(3)9-10-4-5-11(14)8-12(10)13(17)18/h4-5,8,17-18H,6-7,9H2,1-3H3. The van der Waals surface area contributed by atoms with Gasteiger partial charge in [-0.1, -0.05) is 6.07 Å². The first kappa shape index (κ1) is 15.1. The lowest BCUT2D eigenvalue weighted by Crippen LogP contribution is -2.36. The van der Waals surface area contributed by atoms with E-state index in [2.05, 4.69) is 9.80 Å². The fourth-order valence-electron chi connectivity index (χ4n) is 1.69. The molecule has 100 valence electrons. The van der Waals surface area contributed by atoms with E-state index < -0.39 is 12.9 Å². The minimum absolute atomic E-state index is 0.228. The van der Waals surface area contributed by atoms with Crippen molar-refractivity contribution in [1.29, 1.82) is 0 Å². The summed E-state index contributed by atoms with van der Waals surface area (Å²) >= 11 is 0. The third-order valence-corrected chi connectivity index (χ3v) is 2.76. The number of hydrogen-bond acceptors (Lipinski definition) is 4. The molecule has 1 aromatic rings. The second-order valence-corrected chi connectivity index (χ2v) is 4.76. The van der Waals surface area contributed by atoms with E-state index in [-0.39, 0.29) is 5.46 Å². The van der Waals surface area contributed by atoms with Gasteiger partial charge in [0.05, 0.1) is 0 Å². The quantitative estimate of drug-likeness (QED) is 0.672. The van der Waals surface area contributed by atoms with E-state index >= 15 is 0 Å². The molecule has 0 heterocycles. The van der Waals surface area contributed by atoms with Gasteiger partial charge >= 0.3 is 7.12 Å². The molecule has 0 saturated heterocycles. The topological polar surface area (TPSA) is 46.9 Å². The highest BCUT2D eigenvalue weighted by molar-refractivity contribution is 6.59. The summed E-state index contributed by atoms with van der Waals surface area (Å²) in [6.07, 6.45) is 0. The van der Waals surface area contributed by atoms with Gasteiger partial charge in [0.2, 0.25) is 0 Å². The van der Waals surface area contributed by atoms with Crippen LogP contribution in [0.25, 0.3) is 0 Å². The Balaban J connectivity index is 2.71. The van der Waals surface area contributed by atoms with E-state index in [1.165, 1.54) is 12.1 Å². The molecule has 0 atom stereocenters. The Labute approximate surface area is 108 Å². The van der Waals surface area contributed by atoms with E-state index in [1.54, 1.807) is 6.07 Å². The molecule has 1 rings (SSSR count). The smallest absolute Gasteiger partial charge is 0.423 e. The van der Waals surface area contributed by atoms with Crippen LogP contribution >= 0.6 is 0 Å². The average Bonchev–Trinajstić information content (AvgIpc) is 2.28. The van der Waals surface area contributed by atoms with Gasteiger partial charge < -0.3 is 19.8 Å². The molecular formula is C12H20BFN2O2. The van der Waals surface area contributed by atoms with Crippen molar-refractivity contribution in [2.24, 2.45) is 0 Å². The highest BCUT2D eigenvalue weighted by atomic mass is 19.1. The molecule has 0 fully saturated rings. The Morgan fingerprint density at radius 2 is 1.83 bits per heavy atom. The fourth-order valence-corrected chi connectivity index (χ4v) is 1.69. The van der Waals surface area contributed by atoms with Crippen LogP contribution < -0.4 is 5.46 Å². The molecule has 0 amide bonds. The third-order valence-electron chi connectivity index (χ3n) is 2.76. The van der Waals surface area contributed by atoms with Crippen molar-refractivity contribution < 1.29 is 14.4 Å². The summed E-state index contributed by atoms with van der Waals surface area (Å²) in [5.74, 6) is -0.460. The molecule has 0 unspecified atom stereocenters. The van der Waals surface area contributed by atoms with Gasteiger partial charge in [-0.2, -0.15) is 0 Å². The maximum Gasteiger partial charge on any atom is 0.488 e. The lowest BCUT2D eigenvalue weighted by atomic mass is 9.77. The van der Waals surface area contributed by atoms with Crippen LogP contribution in [0.15, 0.2) is 18.2 Å². The monoisotopic (exact) mass is 254 g/mol. The molecule has 0 saturated carbocycles. The van der Waals surface area contributed by atoms with E-state index in [4.69, 9.17) is 0 Å². The Kier molecular flexibility index (Phi) is 5.75. The summed E-state index contributed by atoms with van der Waals surface area (Å²) in [5.41, 5.74) is 0.958. The Morgan fingerprint density at radius 3 is 2.39 bits per heavy atom. The molecule has 6 heteroatoms. The maximum absolute atomic E-state index is 13.1. The molecular weight excluding hydrogens is 234 g/mol. The van der Waals surface area contributed by atoms with E-state index in [9.17, 15) is 14.4 Å². The van der Waals surface area contributed by atoms with E-state index in [1.807, 2.05) is 21.1 Å². The second kappa shape index (κ2) is 6.85. The summed E-state index contributed by atoms with van der Waals surface area (Å²) < 4.78 is 13.1. The van der Waals surface area contributed by atoms with Gasteiger partial charge in [0.15, 0.2) is 0 Å². The molecule has 0 spiro atoms. The van der Waals surface area contributed by atoms with Gasteiger partial charge in [0.25, 0.3) is 0 Å². The predicted octanol–water partition coefficient (Wildman–Crippen LogP) is -0.501. The van der Waals surface area contributed by atoms with Crippen LogP contribution in [0.2, 0.25) is 0 Å². The van der Waals surface area contributed by atoms with Crippen LogP contribution in [0, 0.1) is 5.82 Å². The molecule has 0 radical (unpaired) electrons. The van der Waals surface area contributed by atoms with Crippen molar-refractivity contribution in [1.82, 2.24) is 9.80 Å². The predicted molar refractivity (Wildman–Crippen MR) is 71.1 cm³/mol. The molecule has 4 nitrogen and oxygen atoms in total. The van der Waals surface area contributed by atoms with Crippen LogP contribution in [0.5, 0.6) is 0 Å². The molecule has 1 aromatic carbocycles. The normalized spacial score (nSPS) is 11.3. The lowest BCUT2D eigenvalue weighted by Gasteiger charge is -2.20. The SMILES string of the molecule is CN(C)CCN(C)Cc1ccc(F)cc1B(O)O. The van der Waals surface area contributed by atoms with E-state index in [0.717, 1.165) is 18.7 Å². The molecule has 2 N–H and O–H groups in total. The first-order valence-corrected chi connectivity index (χ1v) is 5.88. The minimum atomic E-state index is -1.64. The largest absolute Gasteiger partial charge is 0.488 e. The van der Waals surface area contributed by atoms with Crippen LogP contribution in [0.3, 0.4) is 0 Å². The summed E-state index contributed by atoms with van der Waals surface area (Å²) in [4.78, 5) is 4.13. The van der Waals surface area contributed by atoms with Crippen molar-refractivity contribution in [3.63, 3.8) is 0 Å².